The second kappa shape index (κ2) is 5.12. The predicted octanol–water partition coefficient (Wildman–Crippen LogP) is 2.21. The van der Waals surface area contributed by atoms with E-state index < -0.39 is 5.63 Å². The van der Waals surface area contributed by atoms with Gasteiger partial charge in [0.1, 0.15) is 11.5 Å². The molecule has 0 aliphatic carbocycles. The van der Waals surface area contributed by atoms with E-state index in [9.17, 15) is 4.79 Å². The summed E-state index contributed by atoms with van der Waals surface area (Å²) in [5.74, 6) is 0.905. The molecule has 0 aromatic carbocycles. The van der Waals surface area contributed by atoms with Crippen LogP contribution in [-0.2, 0) is 0 Å². The first kappa shape index (κ1) is 11.1. The molecular formula is C13H11NO3. The van der Waals surface area contributed by atoms with Gasteiger partial charge in [0.05, 0.1) is 18.9 Å². The third-order valence-corrected chi connectivity index (χ3v) is 2.10. The van der Waals surface area contributed by atoms with E-state index in [2.05, 4.69) is 4.98 Å². The lowest BCUT2D eigenvalue weighted by molar-refractivity contribution is 0.400. The fourth-order valence-corrected chi connectivity index (χ4v) is 1.32. The maximum absolute atomic E-state index is 11.2. The lowest BCUT2D eigenvalue weighted by Crippen LogP contribution is -1.98. The average molecular weight is 229 g/mol. The molecule has 0 fully saturated rings. The fourth-order valence-electron chi connectivity index (χ4n) is 1.32. The molecule has 2 aromatic heterocycles. The Morgan fingerprint density at radius 1 is 1.29 bits per heavy atom. The van der Waals surface area contributed by atoms with Gasteiger partial charge in [-0.25, -0.2) is 4.79 Å². The average Bonchev–Trinajstić information content (AvgIpc) is 2.37. The largest absolute Gasteiger partial charge is 0.496 e. The van der Waals surface area contributed by atoms with Crippen LogP contribution in [-0.4, -0.2) is 12.1 Å². The Labute approximate surface area is 98.2 Å². The summed E-state index contributed by atoms with van der Waals surface area (Å²) in [7, 11) is 1.50. The second-order valence-corrected chi connectivity index (χ2v) is 3.31. The van der Waals surface area contributed by atoms with Gasteiger partial charge < -0.3 is 9.15 Å². The van der Waals surface area contributed by atoms with Crippen LogP contribution < -0.4 is 10.4 Å². The van der Waals surface area contributed by atoms with Crippen LogP contribution in [0.25, 0.3) is 12.2 Å². The molecule has 0 saturated carbocycles. The smallest absolute Gasteiger partial charge is 0.339 e. The number of ether oxygens (including phenoxy) is 1. The molecule has 2 heterocycles. The molecule has 0 saturated heterocycles. The van der Waals surface area contributed by atoms with Crippen LogP contribution >= 0.6 is 0 Å². The van der Waals surface area contributed by atoms with Gasteiger partial charge in [0, 0.05) is 12.3 Å². The van der Waals surface area contributed by atoms with Crippen LogP contribution in [0.15, 0.2) is 45.7 Å². The Kier molecular flexibility index (Phi) is 3.35. The molecule has 0 N–H and O–H groups in total. The molecule has 0 unspecified atom stereocenters. The Morgan fingerprint density at radius 2 is 2.18 bits per heavy atom. The Bertz CT molecular complexity index is 573. The Morgan fingerprint density at radius 3 is 2.88 bits per heavy atom. The van der Waals surface area contributed by atoms with Crippen LogP contribution in [0.2, 0.25) is 0 Å². The predicted molar refractivity (Wildman–Crippen MR) is 64.7 cm³/mol. The molecule has 4 heteroatoms. The van der Waals surface area contributed by atoms with Crippen LogP contribution in [0, 0.1) is 0 Å². The lowest BCUT2D eigenvalue weighted by atomic mass is 10.3. The van der Waals surface area contributed by atoms with E-state index >= 15 is 0 Å². The number of rotatable bonds is 3. The first-order chi connectivity index (χ1) is 8.28. The van der Waals surface area contributed by atoms with Crippen LogP contribution in [0.5, 0.6) is 5.75 Å². The van der Waals surface area contributed by atoms with E-state index in [0.29, 0.717) is 11.5 Å². The van der Waals surface area contributed by atoms with Crippen molar-refractivity contribution >= 4 is 12.2 Å². The minimum atomic E-state index is -0.440. The summed E-state index contributed by atoms with van der Waals surface area (Å²) in [6.07, 6.45) is 5.13. The molecule has 17 heavy (non-hydrogen) atoms. The van der Waals surface area contributed by atoms with Crippen molar-refractivity contribution in [2.75, 3.05) is 7.11 Å². The number of nitrogens with zero attached hydrogens (tertiary/aromatic N) is 1. The summed E-state index contributed by atoms with van der Waals surface area (Å²) in [4.78, 5) is 15.3. The fraction of sp³-hybridized carbons (Fsp3) is 0.0769. The van der Waals surface area contributed by atoms with Crippen molar-refractivity contribution < 1.29 is 9.15 Å². The first-order valence-corrected chi connectivity index (χ1v) is 5.06. The van der Waals surface area contributed by atoms with Crippen molar-refractivity contribution in [1.82, 2.24) is 4.98 Å². The highest BCUT2D eigenvalue weighted by Gasteiger charge is 1.98. The Hall–Kier alpha value is -2.36. The van der Waals surface area contributed by atoms with E-state index in [0.717, 1.165) is 5.69 Å². The molecule has 0 aliphatic heterocycles. The molecule has 0 spiro atoms. The van der Waals surface area contributed by atoms with Gasteiger partial charge in [-0.1, -0.05) is 6.07 Å². The highest BCUT2D eigenvalue weighted by atomic mass is 16.5. The van der Waals surface area contributed by atoms with Crippen molar-refractivity contribution in [1.29, 1.82) is 0 Å². The molecule has 0 radical (unpaired) electrons. The highest BCUT2D eigenvalue weighted by molar-refractivity contribution is 5.65. The zero-order valence-electron chi connectivity index (χ0n) is 9.29. The summed E-state index contributed by atoms with van der Waals surface area (Å²) < 4.78 is 9.97. The molecule has 2 rings (SSSR count). The van der Waals surface area contributed by atoms with Gasteiger partial charge in [0.25, 0.3) is 0 Å². The molecular weight excluding hydrogens is 218 g/mol. The first-order valence-electron chi connectivity index (χ1n) is 5.06. The van der Waals surface area contributed by atoms with Crippen LogP contribution in [0.4, 0.5) is 0 Å². The maximum Gasteiger partial charge on any atom is 0.339 e. The zero-order valence-corrected chi connectivity index (χ0v) is 9.29. The van der Waals surface area contributed by atoms with Gasteiger partial charge in [0.2, 0.25) is 0 Å². The normalized spacial score (nSPS) is 10.6. The summed E-state index contributed by atoms with van der Waals surface area (Å²) in [6.45, 7) is 0. The molecule has 2 aromatic rings. The number of pyridine rings is 1. The summed E-state index contributed by atoms with van der Waals surface area (Å²) in [5, 5.41) is 0. The van der Waals surface area contributed by atoms with Crippen LogP contribution in [0.3, 0.4) is 0 Å². The van der Waals surface area contributed by atoms with Gasteiger partial charge in [-0.2, -0.15) is 0 Å². The summed E-state index contributed by atoms with van der Waals surface area (Å²) in [5.41, 5.74) is 0.350. The monoisotopic (exact) mass is 229 g/mol. The van der Waals surface area contributed by atoms with Crippen molar-refractivity contribution in [3.63, 3.8) is 0 Å². The van der Waals surface area contributed by atoms with E-state index in [1.165, 1.54) is 13.2 Å². The summed E-state index contributed by atoms with van der Waals surface area (Å²) in [6, 6.07) is 8.51. The van der Waals surface area contributed by atoms with E-state index in [1.807, 2.05) is 18.2 Å². The van der Waals surface area contributed by atoms with E-state index in [4.69, 9.17) is 9.15 Å². The Balaban J connectivity index is 2.27. The maximum atomic E-state index is 11.2. The van der Waals surface area contributed by atoms with E-state index in [1.54, 1.807) is 24.4 Å². The van der Waals surface area contributed by atoms with E-state index in [-0.39, 0.29) is 0 Å². The molecule has 86 valence electrons. The zero-order chi connectivity index (χ0) is 12.1. The minimum absolute atomic E-state index is 0.431. The second-order valence-electron chi connectivity index (χ2n) is 3.31. The molecule has 0 bridgehead atoms. The minimum Gasteiger partial charge on any atom is -0.496 e. The molecule has 4 nitrogen and oxygen atoms in total. The standard InChI is InChI=1S/C13H11NO3/c1-16-12-8-11(17-13(15)9-12)6-5-10-4-2-3-7-14-10/h2-9H,1H3/b6-5-. The summed E-state index contributed by atoms with van der Waals surface area (Å²) >= 11 is 0. The topological polar surface area (TPSA) is 52.3 Å². The van der Waals surface area contributed by atoms with Crippen molar-refractivity contribution in [3.8, 4) is 5.75 Å². The quantitative estimate of drug-likeness (QED) is 0.809. The molecule has 0 atom stereocenters. The SMILES string of the molecule is COc1cc(/C=C\c2ccccn2)oc(=O)c1. The molecule has 0 aliphatic rings. The van der Waals surface area contributed by atoms with Crippen molar-refractivity contribution in [2.45, 2.75) is 0 Å². The number of hydrogen-bond donors (Lipinski definition) is 0. The van der Waals surface area contributed by atoms with Crippen molar-refractivity contribution in [3.05, 3.63) is 58.4 Å². The number of hydrogen-bond acceptors (Lipinski definition) is 4. The van der Waals surface area contributed by atoms with Gasteiger partial charge in [0.15, 0.2) is 0 Å². The third-order valence-electron chi connectivity index (χ3n) is 2.10. The van der Waals surface area contributed by atoms with Gasteiger partial charge in [-0.05, 0) is 24.3 Å². The van der Waals surface area contributed by atoms with Gasteiger partial charge >= 0.3 is 5.63 Å². The van der Waals surface area contributed by atoms with Crippen molar-refractivity contribution in [2.24, 2.45) is 0 Å². The third kappa shape index (κ3) is 3.04. The van der Waals surface area contributed by atoms with Gasteiger partial charge in [-0.3, -0.25) is 4.98 Å². The molecule has 0 amide bonds. The number of methoxy groups -OCH3 is 1. The van der Waals surface area contributed by atoms with Crippen LogP contribution in [0.1, 0.15) is 11.5 Å². The number of aromatic nitrogens is 1. The highest BCUT2D eigenvalue weighted by Crippen LogP contribution is 2.11. The van der Waals surface area contributed by atoms with Gasteiger partial charge in [-0.15, -0.1) is 0 Å². The lowest BCUT2D eigenvalue weighted by Gasteiger charge is -1.98.